The number of aromatic nitrogens is 2. The molecule has 1 heterocycles. The van der Waals surface area contributed by atoms with Crippen LogP contribution in [0.4, 0.5) is 0 Å². The van der Waals surface area contributed by atoms with Gasteiger partial charge in [0.25, 0.3) is 0 Å². The van der Waals surface area contributed by atoms with Crippen LogP contribution in [0.1, 0.15) is 20.8 Å². The van der Waals surface area contributed by atoms with Crippen LogP contribution in [-0.2, 0) is 0 Å². The summed E-state index contributed by atoms with van der Waals surface area (Å²) < 4.78 is 10.6. The summed E-state index contributed by atoms with van der Waals surface area (Å²) in [5.74, 6) is 1.02. The molecule has 4 heteroatoms. The van der Waals surface area contributed by atoms with Crippen molar-refractivity contribution in [2.75, 3.05) is 13.2 Å². The van der Waals surface area contributed by atoms with Gasteiger partial charge in [-0.25, -0.2) is 4.98 Å². The van der Waals surface area contributed by atoms with Gasteiger partial charge in [-0.15, -0.1) is 0 Å². The quantitative estimate of drug-likeness (QED) is 0.721. The summed E-state index contributed by atoms with van der Waals surface area (Å²) in [7, 11) is 0. The topological polar surface area (TPSA) is 44.2 Å². The van der Waals surface area contributed by atoms with Crippen LogP contribution in [0.15, 0.2) is 12.3 Å². The fourth-order valence-electron chi connectivity index (χ4n) is 0.864. The first-order chi connectivity index (χ1) is 6.72. The van der Waals surface area contributed by atoms with E-state index < -0.39 is 0 Å². The van der Waals surface area contributed by atoms with Gasteiger partial charge in [0.2, 0.25) is 5.88 Å². The fraction of sp³-hybridized carbons (Fsp3) is 0.600. The molecule has 0 atom stereocenters. The molecule has 0 saturated carbocycles. The van der Waals surface area contributed by atoms with Gasteiger partial charge in [0, 0.05) is 12.3 Å². The Morgan fingerprint density at radius 2 is 2.14 bits per heavy atom. The molecule has 4 nitrogen and oxygen atoms in total. The third-order valence-electron chi connectivity index (χ3n) is 1.45. The van der Waals surface area contributed by atoms with Gasteiger partial charge in [-0.05, 0) is 12.8 Å². The second kappa shape index (κ2) is 5.42. The molecule has 0 aliphatic heterocycles. The summed E-state index contributed by atoms with van der Waals surface area (Å²) in [5, 5.41) is 0. The van der Waals surface area contributed by atoms with E-state index in [-0.39, 0.29) is 0 Å². The van der Waals surface area contributed by atoms with E-state index in [4.69, 9.17) is 9.47 Å². The molecule has 14 heavy (non-hydrogen) atoms. The highest BCUT2D eigenvalue weighted by Gasteiger charge is 2.01. The van der Waals surface area contributed by atoms with Crippen LogP contribution in [0.2, 0.25) is 0 Å². The molecular weight excluding hydrogens is 180 g/mol. The molecule has 0 spiro atoms. The van der Waals surface area contributed by atoms with Crippen molar-refractivity contribution in [3.05, 3.63) is 12.3 Å². The van der Waals surface area contributed by atoms with E-state index in [9.17, 15) is 0 Å². The number of rotatable bonds is 5. The van der Waals surface area contributed by atoms with Crippen LogP contribution in [0.5, 0.6) is 11.9 Å². The lowest BCUT2D eigenvalue weighted by Crippen LogP contribution is -2.07. The maximum absolute atomic E-state index is 5.35. The highest BCUT2D eigenvalue weighted by atomic mass is 16.5. The Balaban J connectivity index is 2.54. The molecular formula is C10H16N2O2. The summed E-state index contributed by atoms with van der Waals surface area (Å²) in [4.78, 5) is 8.06. The van der Waals surface area contributed by atoms with Gasteiger partial charge < -0.3 is 9.47 Å². The van der Waals surface area contributed by atoms with Gasteiger partial charge in [-0.1, -0.05) is 13.8 Å². The average Bonchev–Trinajstić information content (AvgIpc) is 2.16. The highest BCUT2D eigenvalue weighted by molar-refractivity contribution is 5.10. The lowest BCUT2D eigenvalue weighted by Gasteiger charge is -2.07. The van der Waals surface area contributed by atoms with Crippen molar-refractivity contribution in [2.24, 2.45) is 5.92 Å². The molecule has 0 unspecified atom stereocenters. The highest BCUT2D eigenvalue weighted by Crippen LogP contribution is 2.10. The molecule has 0 bridgehead atoms. The van der Waals surface area contributed by atoms with Gasteiger partial charge in [0.05, 0.1) is 13.2 Å². The predicted molar refractivity (Wildman–Crippen MR) is 53.5 cm³/mol. The van der Waals surface area contributed by atoms with E-state index in [0.717, 1.165) is 0 Å². The van der Waals surface area contributed by atoms with Crippen molar-refractivity contribution in [2.45, 2.75) is 20.8 Å². The average molecular weight is 196 g/mol. The Bertz CT molecular complexity index is 277. The van der Waals surface area contributed by atoms with Gasteiger partial charge in [-0.2, -0.15) is 4.98 Å². The molecule has 1 aromatic rings. The second-order valence-electron chi connectivity index (χ2n) is 3.32. The molecule has 0 radical (unpaired) electrons. The van der Waals surface area contributed by atoms with Gasteiger partial charge >= 0.3 is 6.01 Å². The molecule has 0 fully saturated rings. The predicted octanol–water partition coefficient (Wildman–Crippen LogP) is 1.91. The van der Waals surface area contributed by atoms with Crippen molar-refractivity contribution in [1.82, 2.24) is 9.97 Å². The van der Waals surface area contributed by atoms with Crippen molar-refractivity contribution in [3.63, 3.8) is 0 Å². The standard InChI is InChI=1S/C10H16N2O2/c1-4-13-9-5-6-11-10(12-9)14-7-8(2)3/h5-6,8H,4,7H2,1-3H3. The SMILES string of the molecule is CCOc1ccnc(OCC(C)C)n1. The largest absolute Gasteiger partial charge is 0.478 e. The first-order valence-corrected chi connectivity index (χ1v) is 4.81. The molecule has 0 N–H and O–H groups in total. The number of nitrogens with zero attached hydrogens (tertiary/aromatic N) is 2. The number of ether oxygens (including phenoxy) is 2. The lowest BCUT2D eigenvalue weighted by molar-refractivity contribution is 0.243. The molecule has 0 aromatic carbocycles. The van der Waals surface area contributed by atoms with E-state index in [1.807, 2.05) is 6.92 Å². The summed E-state index contributed by atoms with van der Waals surface area (Å²) in [5.41, 5.74) is 0. The molecule has 0 aliphatic carbocycles. The Hall–Kier alpha value is -1.32. The monoisotopic (exact) mass is 196 g/mol. The van der Waals surface area contributed by atoms with Crippen molar-refractivity contribution < 1.29 is 9.47 Å². The maximum Gasteiger partial charge on any atom is 0.319 e. The lowest BCUT2D eigenvalue weighted by atomic mass is 10.2. The van der Waals surface area contributed by atoms with Crippen LogP contribution in [0, 0.1) is 5.92 Å². The fourth-order valence-corrected chi connectivity index (χ4v) is 0.864. The van der Waals surface area contributed by atoms with E-state index in [1.165, 1.54) is 0 Å². The zero-order valence-corrected chi connectivity index (χ0v) is 8.86. The molecule has 78 valence electrons. The Morgan fingerprint density at radius 3 is 2.79 bits per heavy atom. The smallest absolute Gasteiger partial charge is 0.319 e. The molecule has 1 rings (SSSR count). The molecule has 0 aliphatic rings. The van der Waals surface area contributed by atoms with Crippen molar-refractivity contribution >= 4 is 0 Å². The molecule has 1 aromatic heterocycles. The molecule has 0 saturated heterocycles. The normalized spacial score (nSPS) is 10.3. The van der Waals surface area contributed by atoms with Crippen LogP contribution in [0.25, 0.3) is 0 Å². The minimum atomic E-state index is 0.379. The van der Waals surface area contributed by atoms with Gasteiger partial charge in [0.1, 0.15) is 0 Å². The first-order valence-electron chi connectivity index (χ1n) is 4.81. The van der Waals surface area contributed by atoms with Crippen LogP contribution in [-0.4, -0.2) is 23.2 Å². The van der Waals surface area contributed by atoms with Crippen LogP contribution >= 0.6 is 0 Å². The number of hydrogen-bond acceptors (Lipinski definition) is 4. The zero-order chi connectivity index (χ0) is 10.4. The van der Waals surface area contributed by atoms with Crippen LogP contribution < -0.4 is 9.47 Å². The Morgan fingerprint density at radius 1 is 1.36 bits per heavy atom. The summed E-state index contributed by atoms with van der Waals surface area (Å²) >= 11 is 0. The van der Waals surface area contributed by atoms with E-state index in [0.29, 0.717) is 31.0 Å². The first kappa shape index (κ1) is 10.8. The molecule has 0 amide bonds. The third kappa shape index (κ3) is 3.60. The Labute approximate surface area is 84.3 Å². The minimum absolute atomic E-state index is 0.379. The van der Waals surface area contributed by atoms with E-state index in [1.54, 1.807) is 12.3 Å². The summed E-state index contributed by atoms with van der Waals surface area (Å²) in [6.45, 7) is 7.28. The van der Waals surface area contributed by atoms with E-state index in [2.05, 4.69) is 23.8 Å². The zero-order valence-electron chi connectivity index (χ0n) is 8.86. The minimum Gasteiger partial charge on any atom is -0.478 e. The second-order valence-corrected chi connectivity index (χ2v) is 3.32. The number of hydrogen-bond donors (Lipinski definition) is 0. The van der Waals surface area contributed by atoms with Gasteiger partial charge in [-0.3, -0.25) is 0 Å². The van der Waals surface area contributed by atoms with Crippen LogP contribution in [0.3, 0.4) is 0 Å². The van der Waals surface area contributed by atoms with Crippen molar-refractivity contribution in [3.8, 4) is 11.9 Å². The summed E-state index contributed by atoms with van der Waals surface area (Å²) in [6.07, 6.45) is 1.63. The summed E-state index contributed by atoms with van der Waals surface area (Å²) in [6, 6.07) is 2.09. The van der Waals surface area contributed by atoms with Crippen molar-refractivity contribution in [1.29, 1.82) is 0 Å². The maximum atomic E-state index is 5.35. The van der Waals surface area contributed by atoms with Gasteiger partial charge in [0.15, 0.2) is 0 Å². The third-order valence-corrected chi connectivity index (χ3v) is 1.45. The van der Waals surface area contributed by atoms with E-state index >= 15 is 0 Å². The Kier molecular flexibility index (Phi) is 4.16.